The van der Waals surface area contributed by atoms with Crippen LogP contribution in [0.3, 0.4) is 0 Å². The number of carbonyl (C=O) groups is 1. The first-order valence-corrected chi connectivity index (χ1v) is 9.95. The van der Waals surface area contributed by atoms with E-state index in [1.165, 1.54) is 11.9 Å². The first-order valence-electron chi connectivity index (χ1n) is 9.57. The normalized spacial score (nSPS) is 16.0. The number of nitrogens with zero attached hydrogens (tertiary/aromatic N) is 3. The molecule has 154 valence electrons. The summed E-state index contributed by atoms with van der Waals surface area (Å²) < 4.78 is 10.8. The minimum absolute atomic E-state index is 0.164. The Labute approximate surface area is 180 Å². The lowest BCUT2D eigenvalue weighted by Crippen LogP contribution is -2.24. The molecule has 2 heterocycles. The van der Waals surface area contributed by atoms with Crippen molar-refractivity contribution in [3.8, 4) is 11.5 Å². The summed E-state index contributed by atoms with van der Waals surface area (Å²) in [4.78, 5) is 16.9. The maximum atomic E-state index is 12.4. The number of aromatic nitrogens is 1. The Morgan fingerprint density at radius 3 is 2.63 bits per heavy atom. The zero-order valence-electron chi connectivity index (χ0n) is 17.3. The smallest absolute Gasteiger partial charge is 0.240 e. The lowest BCUT2D eigenvalue weighted by atomic mass is 9.97. The van der Waals surface area contributed by atoms with Crippen LogP contribution in [0.15, 0.2) is 47.6 Å². The highest BCUT2D eigenvalue weighted by Crippen LogP contribution is 2.39. The average Bonchev–Trinajstić information content (AvgIpc) is 3.18. The van der Waals surface area contributed by atoms with E-state index in [0.29, 0.717) is 23.1 Å². The molecule has 0 bridgehead atoms. The van der Waals surface area contributed by atoms with Crippen molar-refractivity contribution in [1.82, 2.24) is 9.99 Å². The van der Waals surface area contributed by atoms with E-state index in [1.807, 2.05) is 43.3 Å². The number of methoxy groups -OCH3 is 2. The van der Waals surface area contributed by atoms with E-state index in [2.05, 4.69) is 10.1 Å². The zero-order chi connectivity index (χ0) is 21.4. The highest BCUT2D eigenvalue weighted by molar-refractivity contribution is 6.30. The molecule has 0 aliphatic carbocycles. The van der Waals surface area contributed by atoms with Gasteiger partial charge in [-0.3, -0.25) is 4.79 Å². The van der Waals surface area contributed by atoms with Crippen molar-refractivity contribution in [3.05, 3.63) is 64.3 Å². The number of pyridine rings is 1. The molecule has 2 aromatic carbocycles. The largest absolute Gasteiger partial charge is 0.497 e. The monoisotopic (exact) mass is 423 g/mol. The summed E-state index contributed by atoms with van der Waals surface area (Å²) in [6.45, 7) is 3.51. The van der Waals surface area contributed by atoms with Gasteiger partial charge in [0.2, 0.25) is 5.91 Å². The predicted molar refractivity (Wildman–Crippen MR) is 117 cm³/mol. The number of fused-ring (bicyclic) bond motifs is 1. The lowest BCUT2D eigenvalue weighted by molar-refractivity contribution is -0.130. The van der Waals surface area contributed by atoms with Crippen molar-refractivity contribution in [1.29, 1.82) is 0 Å². The molecule has 7 heteroatoms. The minimum atomic E-state index is -0.338. The van der Waals surface area contributed by atoms with E-state index < -0.39 is 0 Å². The van der Waals surface area contributed by atoms with E-state index in [9.17, 15) is 4.79 Å². The fraction of sp³-hybridized carbons (Fsp3) is 0.261. The maximum absolute atomic E-state index is 12.4. The highest BCUT2D eigenvalue weighted by Gasteiger charge is 2.34. The zero-order valence-corrected chi connectivity index (χ0v) is 18.0. The number of hydrogen-bond donors (Lipinski definition) is 0. The molecule has 1 atom stereocenters. The summed E-state index contributed by atoms with van der Waals surface area (Å²) in [7, 11) is 3.20. The summed E-state index contributed by atoms with van der Waals surface area (Å²) in [6, 6.07) is 13.2. The molecular formula is C23H22ClN3O3. The summed E-state index contributed by atoms with van der Waals surface area (Å²) in [5.74, 6) is 1.16. The second kappa shape index (κ2) is 7.95. The van der Waals surface area contributed by atoms with Gasteiger partial charge in [0.15, 0.2) is 0 Å². The molecule has 0 spiro atoms. The van der Waals surface area contributed by atoms with Crippen LogP contribution in [-0.2, 0) is 4.79 Å². The van der Waals surface area contributed by atoms with Crippen molar-refractivity contribution in [2.24, 2.45) is 5.10 Å². The number of halogens is 1. The van der Waals surface area contributed by atoms with Crippen molar-refractivity contribution in [2.75, 3.05) is 14.2 Å². The molecule has 1 aromatic heterocycles. The van der Waals surface area contributed by atoms with Crippen molar-refractivity contribution in [2.45, 2.75) is 26.3 Å². The number of aryl methyl sites for hydroxylation is 1. The molecule has 0 saturated carbocycles. The molecule has 30 heavy (non-hydrogen) atoms. The van der Waals surface area contributed by atoms with Gasteiger partial charge in [-0.05, 0) is 36.8 Å². The van der Waals surface area contributed by atoms with Gasteiger partial charge in [0.05, 0.1) is 31.5 Å². The highest BCUT2D eigenvalue weighted by atomic mass is 35.5. The Kier molecular flexibility index (Phi) is 5.35. The molecule has 1 aliphatic heterocycles. The van der Waals surface area contributed by atoms with Crippen molar-refractivity contribution >= 4 is 34.1 Å². The van der Waals surface area contributed by atoms with Gasteiger partial charge < -0.3 is 9.47 Å². The predicted octanol–water partition coefficient (Wildman–Crippen LogP) is 4.91. The Balaban J connectivity index is 1.76. The minimum Gasteiger partial charge on any atom is -0.497 e. The molecule has 3 aromatic rings. The van der Waals surface area contributed by atoms with E-state index in [-0.39, 0.29) is 11.9 Å². The SMILES string of the molecule is COc1ccc(C2=NN(C(C)=O)C(c3cc4ccc(C)cc4nc3Cl)C2)c(OC)c1. The van der Waals surface area contributed by atoms with Crippen LogP contribution >= 0.6 is 11.6 Å². The van der Waals surface area contributed by atoms with Crippen LogP contribution in [0.1, 0.15) is 36.1 Å². The Bertz CT molecular complexity index is 1180. The van der Waals surface area contributed by atoms with Gasteiger partial charge in [-0.2, -0.15) is 5.10 Å². The number of rotatable bonds is 4. The van der Waals surface area contributed by atoms with Crippen LogP contribution < -0.4 is 9.47 Å². The van der Waals surface area contributed by atoms with E-state index in [0.717, 1.165) is 33.3 Å². The number of hydrogen-bond acceptors (Lipinski definition) is 5. The van der Waals surface area contributed by atoms with Crippen LogP contribution in [0.25, 0.3) is 10.9 Å². The van der Waals surface area contributed by atoms with Crippen molar-refractivity contribution in [3.63, 3.8) is 0 Å². The fourth-order valence-corrected chi connectivity index (χ4v) is 4.02. The van der Waals surface area contributed by atoms with Gasteiger partial charge in [-0.1, -0.05) is 23.7 Å². The van der Waals surface area contributed by atoms with E-state index in [4.69, 9.17) is 21.1 Å². The fourth-order valence-electron chi connectivity index (χ4n) is 3.75. The third-order valence-electron chi connectivity index (χ3n) is 5.27. The number of hydrazone groups is 1. The summed E-state index contributed by atoms with van der Waals surface area (Å²) >= 11 is 6.56. The van der Waals surface area contributed by atoms with E-state index >= 15 is 0 Å². The molecule has 0 fully saturated rings. The molecular weight excluding hydrogens is 402 g/mol. The first-order chi connectivity index (χ1) is 14.4. The molecule has 4 rings (SSSR count). The number of ether oxygens (including phenoxy) is 2. The second-order valence-electron chi connectivity index (χ2n) is 7.26. The topological polar surface area (TPSA) is 64.0 Å². The molecule has 1 unspecified atom stereocenters. The summed E-state index contributed by atoms with van der Waals surface area (Å²) in [6.07, 6.45) is 0.501. The van der Waals surface area contributed by atoms with Gasteiger partial charge in [0, 0.05) is 35.9 Å². The molecule has 6 nitrogen and oxygen atoms in total. The molecule has 0 radical (unpaired) electrons. The quantitative estimate of drug-likeness (QED) is 0.559. The third-order valence-corrected chi connectivity index (χ3v) is 5.57. The van der Waals surface area contributed by atoms with Crippen LogP contribution in [0.2, 0.25) is 5.15 Å². The van der Waals surface area contributed by atoms with Gasteiger partial charge in [-0.25, -0.2) is 9.99 Å². The second-order valence-corrected chi connectivity index (χ2v) is 7.62. The van der Waals surface area contributed by atoms with Gasteiger partial charge in [0.25, 0.3) is 0 Å². The van der Waals surface area contributed by atoms with Gasteiger partial charge >= 0.3 is 0 Å². The molecule has 0 saturated heterocycles. The van der Waals surface area contributed by atoms with Crippen molar-refractivity contribution < 1.29 is 14.3 Å². The van der Waals surface area contributed by atoms with E-state index in [1.54, 1.807) is 20.3 Å². The first kappa shape index (κ1) is 20.2. The Hall–Kier alpha value is -3.12. The molecule has 1 aliphatic rings. The van der Waals surface area contributed by atoms with Crippen LogP contribution in [-0.4, -0.2) is 35.8 Å². The van der Waals surface area contributed by atoms with Gasteiger partial charge in [0.1, 0.15) is 16.7 Å². The Morgan fingerprint density at radius 1 is 1.13 bits per heavy atom. The number of carbonyl (C=O) groups excluding carboxylic acids is 1. The summed E-state index contributed by atoms with van der Waals surface area (Å²) in [5.41, 5.74) is 4.27. The standard InChI is InChI=1S/C23H22ClN3O3/c1-13-5-6-15-10-18(23(24)25-19(15)9-13)21-12-20(26-27(21)14(2)28)17-8-7-16(29-3)11-22(17)30-4/h5-11,21H,12H2,1-4H3. The third kappa shape index (κ3) is 3.59. The number of amides is 1. The lowest BCUT2D eigenvalue weighted by Gasteiger charge is -2.21. The van der Waals surface area contributed by atoms with Crippen LogP contribution in [0, 0.1) is 6.92 Å². The molecule has 0 N–H and O–H groups in total. The molecule has 1 amide bonds. The van der Waals surface area contributed by atoms with Crippen LogP contribution in [0.5, 0.6) is 11.5 Å². The van der Waals surface area contributed by atoms with Crippen LogP contribution in [0.4, 0.5) is 0 Å². The average molecular weight is 424 g/mol. The summed E-state index contributed by atoms with van der Waals surface area (Å²) in [5, 5.41) is 7.43. The van der Waals surface area contributed by atoms with Gasteiger partial charge in [-0.15, -0.1) is 0 Å². The number of benzene rings is 2. The Morgan fingerprint density at radius 2 is 1.93 bits per heavy atom. The maximum Gasteiger partial charge on any atom is 0.240 e.